The van der Waals surface area contributed by atoms with Crippen molar-refractivity contribution in [1.29, 1.82) is 0 Å². The Morgan fingerprint density at radius 2 is 1.90 bits per heavy atom. The van der Waals surface area contributed by atoms with Crippen LogP contribution in [0.5, 0.6) is 0 Å². The van der Waals surface area contributed by atoms with Crippen molar-refractivity contribution in [3.05, 3.63) is 65.0 Å². The monoisotopic (exact) mass is 302 g/mol. The van der Waals surface area contributed by atoms with E-state index in [2.05, 4.69) is 25.2 Å². The van der Waals surface area contributed by atoms with E-state index in [9.17, 15) is 4.39 Å². The number of halogens is 1. The Labute approximate surface area is 130 Å². The molecule has 0 bridgehead atoms. The van der Waals surface area contributed by atoms with Crippen molar-refractivity contribution in [1.82, 2.24) is 4.90 Å². The maximum Gasteiger partial charge on any atom is 0.173 e. The molecule has 21 heavy (non-hydrogen) atoms. The molecule has 0 heterocycles. The Hall–Kier alpha value is -1.94. The minimum Gasteiger partial charge on any atom is -0.348 e. The van der Waals surface area contributed by atoms with E-state index < -0.39 is 0 Å². The number of hydrogen-bond acceptors (Lipinski definition) is 1. The van der Waals surface area contributed by atoms with Crippen LogP contribution < -0.4 is 5.32 Å². The fraction of sp³-hybridized carbons (Fsp3) is 0.235. The summed E-state index contributed by atoms with van der Waals surface area (Å²) in [5.41, 5.74) is 4.29. The predicted octanol–water partition coefficient (Wildman–Crippen LogP) is 4.27. The van der Waals surface area contributed by atoms with Gasteiger partial charge in [-0.05, 0) is 61.0 Å². The van der Waals surface area contributed by atoms with E-state index in [-0.39, 0.29) is 5.82 Å². The van der Waals surface area contributed by atoms with Crippen molar-refractivity contribution in [2.24, 2.45) is 0 Å². The number of nitrogens with zero attached hydrogens (tertiary/aromatic N) is 1. The van der Waals surface area contributed by atoms with Crippen LogP contribution in [0.2, 0.25) is 0 Å². The lowest BCUT2D eigenvalue weighted by molar-refractivity contribution is 0.505. The van der Waals surface area contributed by atoms with Crippen molar-refractivity contribution in [2.75, 3.05) is 12.4 Å². The highest BCUT2D eigenvalue weighted by molar-refractivity contribution is 7.80. The van der Waals surface area contributed by atoms with E-state index in [0.29, 0.717) is 11.7 Å². The van der Waals surface area contributed by atoms with Crippen LogP contribution >= 0.6 is 12.2 Å². The molecular formula is C17H19FN2S. The van der Waals surface area contributed by atoms with Crippen LogP contribution in [0.3, 0.4) is 0 Å². The Morgan fingerprint density at radius 1 is 1.19 bits per heavy atom. The van der Waals surface area contributed by atoms with E-state index >= 15 is 0 Å². The van der Waals surface area contributed by atoms with Crippen LogP contribution in [0, 0.1) is 19.7 Å². The van der Waals surface area contributed by atoms with Gasteiger partial charge in [0.1, 0.15) is 5.82 Å². The van der Waals surface area contributed by atoms with Gasteiger partial charge >= 0.3 is 0 Å². The summed E-state index contributed by atoms with van der Waals surface area (Å²) in [5.74, 6) is -0.227. The first-order valence-corrected chi connectivity index (χ1v) is 7.21. The lowest BCUT2D eigenvalue weighted by Gasteiger charge is -2.22. The summed E-state index contributed by atoms with van der Waals surface area (Å²) in [6.07, 6.45) is 0. The number of rotatable bonds is 3. The molecule has 4 heteroatoms. The SMILES string of the molecule is Cc1cccc(NC(=S)N(C)Cc2cccc(F)c2)c1C. The zero-order valence-electron chi connectivity index (χ0n) is 12.5. The average molecular weight is 302 g/mol. The second kappa shape index (κ2) is 6.68. The van der Waals surface area contributed by atoms with Gasteiger partial charge < -0.3 is 10.2 Å². The molecule has 0 aliphatic heterocycles. The molecule has 0 aromatic heterocycles. The fourth-order valence-electron chi connectivity index (χ4n) is 2.08. The summed E-state index contributed by atoms with van der Waals surface area (Å²) >= 11 is 5.41. The van der Waals surface area contributed by atoms with Gasteiger partial charge in [-0.25, -0.2) is 4.39 Å². The lowest BCUT2D eigenvalue weighted by atomic mass is 10.1. The number of hydrogen-bond donors (Lipinski definition) is 1. The molecule has 0 unspecified atom stereocenters. The standard InChI is InChI=1S/C17H19FN2S/c1-12-6-4-9-16(13(12)2)19-17(21)20(3)11-14-7-5-8-15(18)10-14/h4-10H,11H2,1-3H3,(H,19,21). The maximum absolute atomic E-state index is 13.2. The van der Waals surface area contributed by atoms with Gasteiger partial charge in [0.2, 0.25) is 0 Å². The molecular weight excluding hydrogens is 283 g/mol. The van der Waals surface area contributed by atoms with E-state index in [1.165, 1.54) is 23.3 Å². The van der Waals surface area contributed by atoms with E-state index in [1.807, 2.05) is 30.1 Å². The first-order chi connectivity index (χ1) is 9.97. The number of nitrogens with one attached hydrogen (secondary N) is 1. The summed E-state index contributed by atoms with van der Waals surface area (Å²) in [7, 11) is 1.89. The third-order valence-electron chi connectivity index (χ3n) is 3.50. The van der Waals surface area contributed by atoms with Gasteiger partial charge in [-0.15, -0.1) is 0 Å². The van der Waals surface area contributed by atoms with Gasteiger partial charge in [0.05, 0.1) is 0 Å². The first kappa shape index (κ1) is 15.4. The largest absolute Gasteiger partial charge is 0.348 e. The number of thiocarbonyl (C=S) groups is 1. The Balaban J connectivity index is 2.04. The molecule has 1 N–H and O–H groups in total. The van der Waals surface area contributed by atoms with Gasteiger partial charge in [-0.3, -0.25) is 0 Å². The zero-order chi connectivity index (χ0) is 15.4. The van der Waals surface area contributed by atoms with Crippen molar-refractivity contribution < 1.29 is 4.39 Å². The highest BCUT2D eigenvalue weighted by atomic mass is 32.1. The average Bonchev–Trinajstić information content (AvgIpc) is 2.44. The molecule has 110 valence electrons. The highest BCUT2D eigenvalue weighted by Crippen LogP contribution is 2.18. The molecule has 0 aliphatic carbocycles. The molecule has 2 aromatic carbocycles. The molecule has 0 amide bonds. The molecule has 0 atom stereocenters. The summed E-state index contributed by atoms with van der Waals surface area (Å²) in [4.78, 5) is 1.89. The second-order valence-electron chi connectivity index (χ2n) is 5.16. The topological polar surface area (TPSA) is 15.3 Å². The van der Waals surface area contributed by atoms with Gasteiger partial charge in [-0.1, -0.05) is 24.3 Å². The third-order valence-corrected chi connectivity index (χ3v) is 3.92. The summed E-state index contributed by atoms with van der Waals surface area (Å²) in [6.45, 7) is 4.70. The first-order valence-electron chi connectivity index (χ1n) is 6.80. The van der Waals surface area contributed by atoms with Crippen molar-refractivity contribution >= 4 is 23.0 Å². The third kappa shape index (κ3) is 4.02. The molecule has 0 aliphatic rings. The molecule has 0 radical (unpaired) electrons. The van der Waals surface area contributed by atoms with E-state index in [0.717, 1.165) is 11.3 Å². The van der Waals surface area contributed by atoms with Crippen LogP contribution in [0.25, 0.3) is 0 Å². The lowest BCUT2D eigenvalue weighted by Crippen LogP contribution is -2.30. The zero-order valence-corrected chi connectivity index (χ0v) is 13.3. The van der Waals surface area contributed by atoms with Gasteiger partial charge in [0.25, 0.3) is 0 Å². The Bertz CT molecular complexity index is 655. The van der Waals surface area contributed by atoms with Crippen molar-refractivity contribution in [3.8, 4) is 0 Å². The summed E-state index contributed by atoms with van der Waals surface area (Å²) in [5, 5.41) is 3.87. The summed E-state index contributed by atoms with van der Waals surface area (Å²) in [6, 6.07) is 12.6. The fourth-order valence-corrected chi connectivity index (χ4v) is 2.25. The van der Waals surface area contributed by atoms with Gasteiger partial charge in [0.15, 0.2) is 5.11 Å². The van der Waals surface area contributed by atoms with Gasteiger partial charge in [-0.2, -0.15) is 0 Å². The number of benzene rings is 2. The maximum atomic E-state index is 13.2. The number of anilines is 1. The quantitative estimate of drug-likeness (QED) is 0.852. The molecule has 0 spiro atoms. The minimum absolute atomic E-state index is 0.227. The van der Waals surface area contributed by atoms with E-state index in [4.69, 9.17) is 12.2 Å². The molecule has 2 rings (SSSR count). The molecule has 0 fully saturated rings. The normalized spacial score (nSPS) is 10.3. The second-order valence-corrected chi connectivity index (χ2v) is 5.55. The predicted molar refractivity (Wildman–Crippen MR) is 90.0 cm³/mol. The van der Waals surface area contributed by atoms with Crippen molar-refractivity contribution in [3.63, 3.8) is 0 Å². The van der Waals surface area contributed by atoms with Crippen LogP contribution in [0.1, 0.15) is 16.7 Å². The Morgan fingerprint density at radius 3 is 2.62 bits per heavy atom. The van der Waals surface area contributed by atoms with Crippen LogP contribution in [0.15, 0.2) is 42.5 Å². The Kier molecular flexibility index (Phi) is 4.91. The minimum atomic E-state index is -0.227. The molecule has 0 saturated carbocycles. The van der Waals surface area contributed by atoms with Crippen LogP contribution in [0.4, 0.5) is 10.1 Å². The van der Waals surface area contributed by atoms with Gasteiger partial charge in [0, 0.05) is 19.3 Å². The van der Waals surface area contributed by atoms with Crippen molar-refractivity contribution in [2.45, 2.75) is 20.4 Å². The smallest absolute Gasteiger partial charge is 0.173 e. The highest BCUT2D eigenvalue weighted by Gasteiger charge is 2.08. The molecule has 2 aromatic rings. The van der Waals surface area contributed by atoms with Crippen LogP contribution in [-0.2, 0) is 6.54 Å². The number of aryl methyl sites for hydroxylation is 1. The van der Waals surface area contributed by atoms with Crippen LogP contribution in [-0.4, -0.2) is 17.1 Å². The molecule has 2 nitrogen and oxygen atoms in total. The summed E-state index contributed by atoms with van der Waals surface area (Å²) < 4.78 is 13.2. The molecule has 0 saturated heterocycles. The van der Waals surface area contributed by atoms with E-state index in [1.54, 1.807) is 6.07 Å².